The standard InChI is InChI=1S/C19H18Cl2N4O3S/c20-14-6-7-16(21)18(12-14)29(27,28)24-17-5-2-1-4-15(17)19(26)23-8-3-10-25-11-9-22-13-25/h1-2,4-7,9,11-13,24H,3,8,10H2,(H,23,26). The molecule has 0 saturated heterocycles. The van der Waals surface area contributed by atoms with Crippen LogP contribution >= 0.6 is 23.2 Å². The molecular weight excluding hydrogens is 435 g/mol. The van der Waals surface area contributed by atoms with Gasteiger partial charge in [0.2, 0.25) is 0 Å². The molecule has 0 bridgehead atoms. The number of para-hydroxylation sites is 1. The molecule has 2 N–H and O–H groups in total. The molecular formula is C19H18Cl2N4O3S. The van der Waals surface area contributed by atoms with Crippen LogP contribution in [0.25, 0.3) is 0 Å². The summed E-state index contributed by atoms with van der Waals surface area (Å²) in [5.41, 5.74) is 0.354. The lowest BCUT2D eigenvalue weighted by Crippen LogP contribution is -2.26. The minimum Gasteiger partial charge on any atom is -0.352 e. The molecule has 0 aliphatic rings. The van der Waals surface area contributed by atoms with Crippen molar-refractivity contribution in [3.05, 3.63) is 76.8 Å². The smallest absolute Gasteiger partial charge is 0.263 e. The second kappa shape index (κ2) is 9.30. The van der Waals surface area contributed by atoms with Gasteiger partial charge >= 0.3 is 0 Å². The molecule has 1 aromatic heterocycles. The van der Waals surface area contributed by atoms with Gasteiger partial charge in [0.15, 0.2) is 0 Å². The summed E-state index contributed by atoms with van der Waals surface area (Å²) in [6, 6.07) is 10.5. The summed E-state index contributed by atoms with van der Waals surface area (Å²) in [7, 11) is -4.03. The van der Waals surface area contributed by atoms with E-state index in [1.807, 2.05) is 10.8 Å². The molecule has 29 heavy (non-hydrogen) atoms. The zero-order chi connectivity index (χ0) is 20.9. The molecule has 152 valence electrons. The molecule has 3 aromatic rings. The van der Waals surface area contributed by atoms with E-state index in [1.165, 1.54) is 24.3 Å². The number of nitrogens with one attached hydrogen (secondary N) is 2. The van der Waals surface area contributed by atoms with Gasteiger partial charge in [-0.3, -0.25) is 9.52 Å². The fourth-order valence-electron chi connectivity index (χ4n) is 2.63. The minimum absolute atomic E-state index is 0.0309. The van der Waals surface area contributed by atoms with Crippen LogP contribution in [0.1, 0.15) is 16.8 Å². The average molecular weight is 453 g/mol. The molecule has 0 atom stereocenters. The molecule has 0 radical (unpaired) electrons. The number of carbonyl (C=O) groups excluding carboxylic acids is 1. The van der Waals surface area contributed by atoms with Gasteiger partial charge in [0.05, 0.1) is 22.6 Å². The first kappa shape index (κ1) is 21.2. The van der Waals surface area contributed by atoms with E-state index in [-0.39, 0.29) is 32.1 Å². The third kappa shape index (κ3) is 5.50. The van der Waals surface area contributed by atoms with Gasteiger partial charge in [0, 0.05) is 30.5 Å². The van der Waals surface area contributed by atoms with E-state index in [1.54, 1.807) is 30.7 Å². The maximum absolute atomic E-state index is 12.7. The molecule has 10 heteroatoms. The Labute approximate surface area is 178 Å². The molecule has 0 aliphatic heterocycles. The minimum atomic E-state index is -4.03. The van der Waals surface area contributed by atoms with Crippen molar-refractivity contribution in [2.75, 3.05) is 11.3 Å². The number of halogens is 2. The predicted molar refractivity (Wildman–Crippen MR) is 113 cm³/mol. The van der Waals surface area contributed by atoms with E-state index in [4.69, 9.17) is 23.2 Å². The zero-order valence-electron chi connectivity index (χ0n) is 15.2. The largest absolute Gasteiger partial charge is 0.352 e. The van der Waals surface area contributed by atoms with Crippen LogP contribution in [-0.4, -0.2) is 30.4 Å². The Morgan fingerprint density at radius 1 is 1.14 bits per heavy atom. The highest BCUT2D eigenvalue weighted by molar-refractivity contribution is 7.92. The number of sulfonamides is 1. The molecule has 0 spiro atoms. The average Bonchev–Trinajstić information content (AvgIpc) is 3.20. The lowest BCUT2D eigenvalue weighted by Gasteiger charge is -2.14. The number of imidazole rings is 1. The second-order valence-corrected chi connectivity index (χ2v) is 8.63. The number of amides is 1. The summed E-state index contributed by atoms with van der Waals surface area (Å²) < 4.78 is 29.8. The first-order valence-corrected chi connectivity index (χ1v) is 10.9. The van der Waals surface area contributed by atoms with Gasteiger partial charge in [-0.2, -0.15) is 0 Å². The Hall–Kier alpha value is -2.55. The van der Waals surface area contributed by atoms with E-state index in [2.05, 4.69) is 15.0 Å². The summed E-state index contributed by atoms with van der Waals surface area (Å²) in [5.74, 6) is -0.383. The van der Waals surface area contributed by atoms with E-state index in [0.717, 1.165) is 0 Å². The van der Waals surface area contributed by atoms with Crippen LogP contribution in [-0.2, 0) is 16.6 Å². The molecule has 2 aromatic carbocycles. The Balaban J connectivity index is 1.71. The van der Waals surface area contributed by atoms with Crippen LogP contribution in [0.4, 0.5) is 5.69 Å². The fraction of sp³-hybridized carbons (Fsp3) is 0.158. The van der Waals surface area contributed by atoms with Gasteiger partial charge in [-0.05, 0) is 36.8 Å². The summed E-state index contributed by atoms with van der Waals surface area (Å²) in [4.78, 5) is 16.4. The third-order valence-corrected chi connectivity index (χ3v) is 6.12. The Morgan fingerprint density at radius 2 is 1.93 bits per heavy atom. The Bertz CT molecular complexity index is 1100. The molecule has 7 nitrogen and oxygen atoms in total. The second-order valence-electron chi connectivity index (χ2n) is 6.14. The van der Waals surface area contributed by atoms with Gasteiger partial charge in [0.25, 0.3) is 15.9 Å². The maximum atomic E-state index is 12.7. The summed E-state index contributed by atoms with van der Waals surface area (Å²) in [6.45, 7) is 1.14. The van der Waals surface area contributed by atoms with Gasteiger partial charge in [-0.25, -0.2) is 13.4 Å². The summed E-state index contributed by atoms with van der Waals surface area (Å²) in [5, 5.41) is 3.06. The number of benzene rings is 2. The summed E-state index contributed by atoms with van der Waals surface area (Å²) in [6.07, 6.45) is 5.93. The number of nitrogens with zero attached hydrogens (tertiary/aromatic N) is 2. The van der Waals surface area contributed by atoms with Crippen molar-refractivity contribution in [2.45, 2.75) is 17.9 Å². The van der Waals surface area contributed by atoms with Gasteiger partial charge in [-0.15, -0.1) is 0 Å². The SMILES string of the molecule is O=C(NCCCn1ccnc1)c1ccccc1NS(=O)(=O)c1cc(Cl)ccc1Cl. The van der Waals surface area contributed by atoms with E-state index in [9.17, 15) is 13.2 Å². The van der Waals surface area contributed by atoms with Crippen molar-refractivity contribution in [1.82, 2.24) is 14.9 Å². The topological polar surface area (TPSA) is 93.1 Å². The molecule has 0 saturated carbocycles. The lowest BCUT2D eigenvalue weighted by molar-refractivity contribution is 0.0953. The first-order chi connectivity index (χ1) is 13.9. The van der Waals surface area contributed by atoms with Crippen molar-refractivity contribution in [3.8, 4) is 0 Å². The van der Waals surface area contributed by atoms with Crippen LogP contribution in [0.3, 0.4) is 0 Å². The van der Waals surface area contributed by atoms with E-state index < -0.39 is 10.0 Å². The van der Waals surface area contributed by atoms with Crippen molar-refractivity contribution in [3.63, 3.8) is 0 Å². The van der Waals surface area contributed by atoms with Crippen molar-refractivity contribution < 1.29 is 13.2 Å². The highest BCUT2D eigenvalue weighted by Gasteiger charge is 2.21. The number of anilines is 1. The monoisotopic (exact) mass is 452 g/mol. The molecule has 0 unspecified atom stereocenters. The number of aryl methyl sites for hydroxylation is 1. The Morgan fingerprint density at radius 3 is 2.69 bits per heavy atom. The first-order valence-electron chi connectivity index (χ1n) is 8.67. The predicted octanol–water partition coefficient (Wildman–Crippen LogP) is 3.81. The molecule has 1 heterocycles. The van der Waals surface area contributed by atoms with Gasteiger partial charge < -0.3 is 9.88 Å². The number of rotatable bonds is 8. The summed E-state index contributed by atoms with van der Waals surface area (Å²) >= 11 is 11.9. The number of hydrogen-bond donors (Lipinski definition) is 2. The van der Waals surface area contributed by atoms with E-state index >= 15 is 0 Å². The fourth-order valence-corrected chi connectivity index (χ4v) is 4.47. The highest BCUT2D eigenvalue weighted by atomic mass is 35.5. The molecule has 3 rings (SSSR count). The van der Waals surface area contributed by atoms with Gasteiger partial charge in [-0.1, -0.05) is 35.3 Å². The highest BCUT2D eigenvalue weighted by Crippen LogP contribution is 2.27. The quantitative estimate of drug-likeness (QED) is 0.508. The third-order valence-electron chi connectivity index (χ3n) is 4.04. The molecule has 1 amide bonds. The van der Waals surface area contributed by atoms with Crippen LogP contribution in [0, 0.1) is 0 Å². The normalized spacial score (nSPS) is 11.2. The van der Waals surface area contributed by atoms with Gasteiger partial charge in [0.1, 0.15) is 4.90 Å². The molecule has 0 aliphatic carbocycles. The van der Waals surface area contributed by atoms with Crippen LogP contribution in [0.2, 0.25) is 10.0 Å². The lowest BCUT2D eigenvalue weighted by atomic mass is 10.1. The van der Waals surface area contributed by atoms with Crippen molar-refractivity contribution in [1.29, 1.82) is 0 Å². The number of carbonyl (C=O) groups is 1. The molecule has 0 fully saturated rings. The Kier molecular flexibility index (Phi) is 6.79. The number of hydrogen-bond acceptors (Lipinski definition) is 4. The zero-order valence-corrected chi connectivity index (χ0v) is 17.5. The number of aromatic nitrogens is 2. The maximum Gasteiger partial charge on any atom is 0.263 e. The van der Waals surface area contributed by atoms with Crippen molar-refractivity contribution >= 4 is 44.8 Å². The van der Waals surface area contributed by atoms with Crippen LogP contribution in [0.15, 0.2) is 66.1 Å². The van der Waals surface area contributed by atoms with Crippen molar-refractivity contribution in [2.24, 2.45) is 0 Å². The van der Waals surface area contributed by atoms with Crippen LogP contribution < -0.4 is 10.0 Å². The van der Waals surface area contributed by atoms with Crippen LogP contribution in [0.5, 0.6) is 0 Å². The van der Waals surface area contributed by atoms with E-state index in [0.29, 0.717) is 19.5 Å².